The number of carbonyl (C=O) groups excluding carboxylic acids is 2. The number of halogens is 2. The summed E-state index contributed by atoms with van der Waals surface area (Å²) in [4.78, 5) is 23.4. The third kappa shape index (κ3) is 3.99. The second-order valence-corrected chi connectivity index (χ2v) is 5.01. The molecule has 0 unspecified atom stereocenters. The summed E-state index contributed by atoms with van der Waals surface area (Å²) in [7, 11) is 0. The van der Waals surface area contributed by atoms with Crippen molar-refractivity contribution in [3.63, 3.8) is 0 Å². The number of ether oxygens (including phenoxy) is 1. The minimum Gasteiger partial charge on any atom is -0.461 e. The lowest BCUT2D eigenvalue weighted by Crippen LogP contribution is -2.31. The van der Waals surface area contributed by atoms with Crippen molar-refractivity contribution < 1.29 is 23.1 Å². The Kier molecular flexibility index (Phi) is 4.54. The van der Waals surface area contributed by atoms with E-state index in [-0.39, 0.29) is 49.7 Å². The number of H-pyrrole nitrogens is 1. The van der Waals surface area contributed by atoms with Crippen LogP contribution < -0.4 is 5.32 Å². The highest BCUT2D eigenvalue weighted by Gasteiger charge is 2.37. The molecule has 0 aromatic carbocycles. The Hall–Kier alpha value is -1.99. The number of rotatable bonds is 4. The van der Waals surface area contributed by atoms with Crippen molar-refractivity contribution in [2.75, 3.05) is 11.9 Å². The Labute approximate surface area is 120 Å². The van der Waals surface area contributed by atoms with Crippen LogP contribution in [0.15, 0.2) is 6.07 Å². The summed E-state index contributed by atoms with van der Waals surface area (Å²) in [5.41, 5.74) is 0.127. The molecule has 0 aliphatic heterocycles. The van der Waals surface area contributed by atoms with Crippen molar-refractivity contribution in [3.8, 4) is 0 Å². The highest BCUT2D eigenvalue weighted by atomic mass is 19.3. The minimum absolute atomic E-state index is 0.127. The second-order valence-electron chi connectivity index (χ2n) is 5.01. The Morgan fingerprint density at radius 3 is 2.76 bits per heavy atom. The first-order valence-electron chi connectivity index (χ1n) is 6.82. The van der Waals surface area contributed by atoms with Gasteiger partial charge in [-0.05, 0) is 19.8 Å². The summed E-state index contributed by atoms with van der Waals surface area (Å²) in [6.45, 7) is 1.91. The molecule has 1 fully saturated rings. The van der Waals surface area contributed by atoms with Crippen molar-refractivity contribution in [1.29, 1.82) is 0 Å². The fraction of sp³-hybridized carbons (Fsp3) is 0.615. The molecule has 1 saturated carbocycles. The third-order valence-corrected chi connectivity index (χ3v) is 3.41. The summed E-state index contributed by atoms with van der Waals surface area (Å²) < 4.78 is 30.8. The van der Waals surface area contributed by atoms with E-state index < -0.39 is 17.8 Å². The van der Waals surface area contributed by atoms with Gasteiger partial charge in [0.25, 0.3) is 0 Å². The number of carbonyl (C=O) groups is 2. The summed E-state index contributed by atoms with van der Waals surface area (Å²) in [5.74, 6) is -3.86. The van der Waals surface area contributed by atoms with Gasteiger partial charge in [0.05, 0.1) is 6.61 Å². The normalized spacial score (nSPS) is 18.2. The van der Waals surface area contributed by atoms with Crippen molar-refractivity contribution in [2.45, 2.75) is 38.5 Å². The molecule has 21 heavy (non-hydrogen) atoms. The minimum atomic E-state index is -2.67. The molecule has 1 aliphatic carbocycles. The van der Waals surface area contributed by atoms with Crippen LogP contribution in [0.5, 0.6) is 0 Å². The van der Waals surface area contributed by atoms with Crippen LogP contribution in [0.25, 0.3) is 0 Å². The molecule has 2 N–H and O–H groups in total. The van der Waals surface area contributed by atoms with Crippen molar-refractivity contribution >= 4 is 17.7 Å². The number of aromatic amines is 1. The molecular weight excluding hydrogens is 284 g/mol. The van der Waals surface area contributed by atoms with Crippen LogP contribution in [0, 0.1) is 5.92 Å². The van der Waals surface area contributed by atoms with E-state index in [1.54, 1.807) is 6.92 Å². The van der Waals surface area contributed by atoms with E-state index in [0.717, 1.165) is 0 Å². The van der Waals surface area contributed by atoms with E-state index in [0.29, 0.717) is 0 Å². The summed E-state index contributed by atoms with van der Waals surface area (Å²) >= 11 is 0. The Morgan fingerprint density at radius 1 is 1.48 bits per heavy atom. The number of alkyl halides is 2. The van der Waals surface area contributed by atoms with Crippen LogP contribution >= 0.6 is 0 Å². The summed E-state index contributed by atoms with van der Waals surface area (Å²) in [6, 6.07) is 1.35. The molecule has 0 spiro atoms. The fourth-order valence-corrected chi connectivity index (χ4v) is 2.23. The standard InChI is InChI=1S/C13H17F2N3O3/c1-2-21-12(20)9-7-10(18-17-9)16-11(19)8-3-5-13(14,15)6-4-8/h7-8H,2-6H2,1H3,(H2,16,17,18,19). The zero-order chi connectivity index (χ0) is 15.5. The number of amides is 1. The topological polar surface area (TPSA) is 84.1 Å². The zero-order valence-electron chi connectivity index (χ0n) is 11.6. The largest absolute Gasteiger partial charge is 0.461 e. The third-order valence-electron chi connectivity index (χ3n) is 3.41. The van der Waals surface area contributed by atoms with Gasteiger partial charge < -0.3 is 10.1 Å². The van der Waals surface area contributed by atoms with Crippen LogP contribution in [0.4, 0.5) is 14.6 Å². The van der Waals surface area contributed by atoms with E-state index >= 15 is 0 Å². The molecule has 1 aliphatic rings. The molecular formula is C13H17F2N3O3. The molecule has 1 amide bonds. The Balaban J connectivity index is 1.90. The van der Waals surface area contributed by atoms with Gasteiger partial charge in [0.1, 0.15) is 5.69 Å². The maximum atomic E-state index is 13.0. The Bertz CT molecular complexity index is 520. The van der Waals surface area contributed by atoms with Crippen LogP contribution in [-0.2, 0) is 9.53 Å². The maximum absolute atomic E-state index is 13.0. The van der Waals surface area contributed by atoms with E-state index in [4.69, 9.17) is 4.74 Å². The van der Waals surface area contributed by atoms with E-state index in [2.05, 4.69) is 15.5 Å². The van der Waals surface area contributed by atoms with E-state index in [1.807, 2.05) is 0 Å². The second kappa shape index (κ2) is 6.19. The van der Waals surface area contributed by atoms with Crippen molar-refractivity contribution in [1.82, 2.24) is 10.2 Å². The van der Waals surface area contributed by atoms with Gasteiger partial charge in [0, 0.05) is 24.8 Å². The zero-order valence-corrected chi connectivity index (χ0v) is 11.6. The average molecular weight is 301 g/mol. The van der Waals surface area contributed by atoms with Gasteiger partial charge in [0.2, 0.25) is 11.8 Å². The SMILES string of the molecule is CCOC(=O)c1cc(NC(=O)C2CCC(F)(F)CC2)n[nH]1. The first-order chi connectivity index (χ1) is 9.91. The molecule has 2 rings (SSSR count). The van der Waals surface area contributed by atoms with Crippen molar-refractivity contribution in [3.05, 3.63) is 11.8 Å². The summed E-state index contributed by atoms with van der Waals surface area (Å²) in [6.07, 6.45) is -0.262. The molecule has 0 atom stereocenters. The lowest BCUT2D eigenvalue weighted by atomic mass is 9.86. The fourth-order valence-electron chi connectivity index (χ4n) is 2.23. The Morgan fingerprint density at radius 2 is 2.14 bits per heavy atom. The van der Waals surface area contributed by atoms with Gasteiger partial charge in [-0.25, -0.2) is 13.6 Å². The van der Waals surface area contributed by atoms with Crippen molar-refractivity contribution in [2.24, 2.45) is 5.92 Å². The molecule has 116 valence electrons. The molecule has 1 aromatic rings. The molecule has 6 nitrogen and oxygen atoms in total. The van der Waals surface area contributed by atoms with Gasteiger partial charge in [-0.15, -0.1) is 0 Å². The van der Waals surface area contributed by atoms with Crippen LogP contribution in [-0.4, -0.2) is 34.6 Å². The molecule has 0 bridgehead atoms. The predicted molar refractivity (Wildman–Crippen MR) is 70.1 cm³/mol. The maximum Gasteiger partial charge on any atom is 0.356 e. The smallest absolute Gasteiger partial charge is 0.356 e. The van der Waals surface area contributed by atoms with Gasteiger partial charge in [-0.3, -0.25) is 9.89 Å². The number of nitrogens with one attached hydrogen (secondary N) is 2. The molecule has 0 radical (unpaired) electrons. The van der Waals surface area contributed by atoms with Crippen LogP contribution in [0.2, 0.25) is 0 Å². The monoisotopic (exact) mass is 301 g/mol. The number of hydrogen-bond donors (Lipinski definition) is 2. The van der Waals surface area contributed by atoms with E-state index in [9.17, 15) is 18.4 Å². The van der Waals surface area contributed by atoms with Gasteiger partial charge in [-0.2, -0.15) is 5.10 Å². The molecule has 0 saturated heterocycles. The van der Waals surface area contributed by atoms with E-state index in [1.165, 1.54) is 6.07 Å². The average Bonchev–Trinajstić information content (AvgIpc) is 2.87. The van der Waals surface area contributed by atoms with Gasteiger partial charge in [0.15, 0.2) is 5.82 Å². The van der Waals surface area contributed by atoms with Gasteiger partial charge in [-0.1, -0.05) is 0 Å². The highest BCUT2D eigenvalue weighted by Crippen LogP contribution is 2.36. The number of hydrogen-bond acceptors (Lipinski definition) is 4. The number of aromatic nitrogens is 2. The van der Waals surface area contributed by atoms with Crippen LogP contribution in [0.1, 0.15) is 43.1 Å². The van der Waals surface area contributed by atoms with Crippen LogP contribution in [0.3, 0.4) is 0 Å². The molecule has 8 heteroatoms. The number of nitrogens with zero attached hydrogens (tertiary/aromatic N) is 1. The predicted octanol–water partition coefficient (Wildman–Crippen LogP) is 2.35. The van der Waals surface area contributed by atoms with Gasteiger partial charge >= 0.3 is 5.97 Å². The highest BCUT2D eigenvalue weighted by molar-refractivity contribution is 5.94. The first kappa shape index (κ1) is 15.4. The summed E-state index contributed by atoms with van der Waals surface area (Å²) in [5, 5.41) is 8.75. The lowest BCUT2D eigenvalue weighted by Gasteiger charge is -2.27. The lowest BCUT2D eigenvalue weighted by molar-refractivity contribution is -0.124. The number of esters is 1. The molecule has 1 heterocycles. The first-order valence-corrected chi connectivity index (χ1v) is 6.82. The molecule has 1 aromatic heterocycles. The number of anilines is 1. The quantitative estimate of drug-likeness (QED) is 0.836.